The first-order valence-corrected chi connectivity index (χ1v) is 17.6. The fraction of sp³-hybridized carbons (Fsp3) is 0.353. The van der Waals surface area contributed by atoms with Crippen LogP contribution in [0.4, 0.5) is 5.69 Å². The molecule has 4 rings (SSSR count). The number of halogens is 2. The number of carbonyl (C=O) groups is 4. The maximum Gasteiger partial charge on any atom is 0.320 e. The number of Topliss-reactive ketones (excluding diaryl/α,β-unsaturated/α-hetero) is 1. The lowest BCUT2D eigenvalue weighted by Crippen LogP contribution is -2.40. The summed E-state index contributed by atoms with van der Waals surface area (Å²) in [4.78, 5) is 59.3. The zero-order valence-corrected chi connectivity index (χ0v) is 32.9. The third-order valence-electron chi connectivity index (χ3n) is 7.76. The molecule has 2 aromatic carbocycles. The van der Waals surface area contributed by atoms with Crippen LogP contribution in [-0.2, 0) is 29.0 Å². The second-order valence-corrected chi connectivity index (χ2v) is 14.9. The van der Waals surface area contributed by atoms with Crippen molar-refractivity contribution in [2.75, 3.05) is 5.32 Å². The molecule has 0 radical (unpaired) electrons. The Morgan fingerprint density at radius 1 is 0.800 bits per heavy atom. The number of carboxylic acid groups (broad SMARTS) is 2. The summed E-state index contributed by atoms with van der Waals surface area (Å²) in [6, 6.07) is 9.73. The van der Waals surface area contributed by atoms with Gasteiger partial charge in [0.15, 0.2) is 15.8 Å². The topological polar surface area (TPSA) is 159 Å². The van der Waals surface area contributed by atoms with Crippen LogP contribution in [0.15, 0.2) is 48.8 Å². The van der Waals surface area contributed by atoms with Gasteiger partial charge in [0.1, 0.15) is 6.04 Å². The lowest BCUT2D eigenvalue weighted by molar-refractivity contribution is -0.143. The van der Waals surface area contributed by atoms with Crippen molar-refractivity contribution in [2.24, 2.45) is 17.8 Å². The summed E-state index contributed by atoms with van der Waals surface area (Å²) in [5, 5.41) is 25.7. The molecule has 0 saturated heterocycles. The number of nitrogens with zero attached hydrogens (tertiary/aromatic N) is 2. The summed E-state index contributed by atoms with van der Waals surface area (Å²) < 4.78 is 0. The molecule has 2 aromatic heterocycles. The molecular formula is C34H40Cl2N4O6S4. The number of aliphatic carboxylic acids is 2. The molecule has 0 fully saturated rings. The smallest absolute Gasteiger partial charge is 0.320 e. The molecule has 4 N–H and O–H groups in total. The zero-order valence-electron chi connectivity index (χ0n) is 27.8. The fourth-order valence-corrected chi connectivity index (χ4v) is 7.28. The molecule has 0 unspecified atom stereocenters. The number of hydrogen-bond acceptors (Lipinski definition) is 9. The lowest BCUT2D eigenvalue weighted by atomic mass is 9.91. The zero-order chi connectivity index (χ0) is 35.1. The molecule has 0 aliphatic heterocycles. The highest BCUT2D eigenvalue weighted by molar-refractivity contribution is 7.59. The lowest BCUT2D eigenvalue weighted by Gasteiger charge is -2.17. The van der Waals surface area contributed by atoms with Crippen LogP contribution in [0.5, 0.6) is 0 Å². The molecule has 2 heterocycles. The van der Waals surface area contributed by atoms with E-state index in [1.165, 1.54) is 17.5 Å². The Morgan fingerprint density at radius 2 is 1.40 bits per heavy atom. The van der Waals surface area contributed by atoms with E-state index in [2.05, 4.69) is 20.6 Å². The number of nitrogens with one attached hydrogen (secondary N) is 2. The largest absolute Gasteiger partial charge is 0.481 e. The van der Waals surface area contributed by atoms with Crippen LogP contribution in [0.1, 0.15) is 69.0 Å². The van der Waals surface area contributed by atoms with E-state index in [0.717, 1.165) is 16.2 Å². The van der Waals surface area contributed by atoms with Crippen LogP contribution in [0.3, 0.4) is 0 Å². The summed E-state index contributed by atoms with van der Waals surface area (Å²) in [7, 11) is 0. The number of aromatic nitrogens is 2. The van der Waals surface area contributed by atoms with Crippen molar-refractivity contribution in [1.82, 2.24) is 15.3 Å². The van der Waals surface area contributed by atoms with Gasteiger partial charge >= 0.3 is 11.9 Å². The third-order valence-corrected chi connectivity index (χ3v) is 10.7. The highest BCUT2D eigenvalue weighted by Gasteiger charge is 2.24. The number of thiazole rings is 2. The van der Waals surface area contributed by atoms with Gasteiger partial charge in [0, 0.05) is 46.2 Å². The standard InChI is InChI=1S/C34H36Cl2N4O6S2.2H2S/c1-17(2)22(33(43)44)12-11-20-14-38-31(47-20)26(41)13-19-7-5-8-23(27(19)35)24-9-6-10-25(28(24)36)40-30(42)32-39-16-21(48-32)15-37-29(18(3)4)34(45)46;;/h5-10,14,16-18,22,29,37H,11-13,15H2,1-4H3,(H,40,42)(H,43,44)(H,45,46);2*1H2/t22-,29-;;/m0../s1. The molecule has 16 heteroatoms. The maximum atomic E-state index is 13.2. The predicted molar refractivity (Wildman–Crippen MR) is 210 cm³/mol. The molecule has 0 spiro atoms. The molecule has 2 atom stereocenters. The Balaban J connectivity index is 0.00000433. The highest BCUT2D eigenvalue weighted by Crippen LogP contribution is 2.39. The van der Waals surface area contributed by atoms with E-state index in [9.17, 15) is 29.4 Å². The van der Waals surface area contributed by atoms with Crippen LogP contribution in [0.2, 0.25) is 10.0 Å². The summed E-state index contributed by atoms with van der Waals surface area (Å²) in [6.07, 6.45) is 4.15. The van der Waals surface area contributed by atoms with E-state index in [-0.39, 0.29) is 67.6 Å². The summed E-state index contributed by atoms with van der Waals surface area (Å²) >= 11 is 16.0. The maximum absolute atomic E-state index is 13.2. The van der Waals surface area contributed by atoms with Crippen molar-refractivity contribution in [2.45, 2.75) is 59.5 Å². The molecule has 0 aliphatic rings. The predicted octanol–water partition coefficient (Wildman–Crippen LogP) is 7.96. The molecule has 10 nitrogen and oxygen atoms in total. The Kier molecular flexibility index (Phi) is 16.9. The third kappa shape index (κ3) is 11.0. The number of carboxylic acids is 2. The van der Waals surface area contributed by atoms with Gasteiger partial charge in [-0.1, -0.05) is 81.2 Å². The van der Waals surface area contributed by atoms with E-state index >= 15 is 0 Å². The van der Waals surface area contributed by atoms with Gasteiger partial charge in [-0.25, -0.2) is 9.97 Å². The number of aryl methyl sites for hydroxylation is 1. The van der Waals surface area contributed by atoms with Crippen molar-refractivity contribution in [3.05, 3.63) is 84.2 Å². The SMILES string of the molecule is CC(C)[C@H](CCc1cnc(C(=O)Cc2cccc(-c3cccc(NC(=O)c4ncc(CN[C@H](C(=O)O)C(C)C)s4)c3Cl)c2Cl)s1)C(=O)O.S.S. The van der Waals surface area contributed by atoms with Gasteiger partial charge in [0.05, 0.1) is 21.7 Å². The number of ketones is 1. The van der Waals surface area contributed by atoms with Crippen LogP contribution in [0.25, 0.3) is 11.1 Å². The van der Waals surface area contributed by atoms with E-state index in [1.807, 2.05) is 27.7 Å². The van der Waals surface area contributed by atoms with Gasteiger partial charge in [-0.15, -0.1) is 22.7 Å². The van der Waals surface area contributed by atoms with Crippen molar-refractivity contribution in [3.63, 3.8) is 0 Å². The molecule has 1 amide bonds. The van der Waals surface area contributed by atoms with Gasteiger partial charge in [0.2, 0.25) is 0 Å². The average Bonchev–Trinajstić information content (AvgIpc) is 3.69. The molecule has 4 aromatic rings. The molecule has 270 valence electrons. The molecule has 0 bridgehead atoms. The van der Waals surface area contributed by atoms with E-state index in [4.69, 9.17) is 23.2 Å². The quantitative estimate of drug-likeness (QED) is 0.0826. The Labute approximate surface area is 322 Å². The van der Waals surface area contributed by atoms with Gasteiger partial charge < -0.3 is 15.5 Å². The number of rotatable bonds is 16. The normalized spacial score (nSPS) is 12.2. The van der Waals surface area contributed by atoms with E-state index in [0.29, 0.717) is 50.1 Å². The average molecular weight is 800 g/mol. The van der Waals surface area contributed by atoms with Crippen molar-refractivity contribution < 1.29 is 29.4 Å². The second-order valence-electron chi connectivity index (χ2n) is 11.9. The molecule has 0 saturated carbocycles. The van der Waals surface area contributed by atoms with Gasteiger partial charge in [-0.3, -0.25) is 24.5 Å². The highest BCUT2D eigenvalue weighted by atomic mass is 35.5. The van der Waals surface area contributed by atoms with Crippen molar-refractivity contribution in [3.8, 4) is 11.1 Å². The molecule has 50 heavy (non-hydrogen) atoms. The molecule has 0 aliphatic carbocycles. The number of anilines is 1. The van der Waals surface area contributed by atoms with E-state index in [1.54, 1.807) is 42.6 Å². The minimum atomic E-state index is -0.945. The molecular weight excluding hydrogens is 760 g/mol. The van der Waals surface area contributed by atoms with Gasteiger partial charge in [-0.2, -0.15) is 27.0 Å². The summed E-state index contributed by atoms with van der Waals surface area (Å²) in [6.45, 7) is 7.64. The monoisotopic (exact) mass is 798 g/mol. The Morgan fingerprint density at radius 3 is 2.02 bits per heavy atom. The van der Waals surface area contributed by atoms with Gasteiger partial charge in [0.25, 0.3) is 5.91 Å². The van der Waals surface area contributed by atoms with Crippen molar-refractivity contribution in [1.29, 1.82) is 0 Å². The van der Waals surface area contributed by atoms with Crippen LogP contribution >= 0.6 is 72.9 Å². The minimum absolute atomic E-state index is 0. The number of amides is 1. The minimum Gasteiger partial charge on any atom is -0.481 e. The summed E-state index contributed by atoms with van der Waals surface area (Å²) in [5.41, 5.74) is 2.06. The van der Waals surface area contributed by atoms with Crippen LogP contribution in [0, 0.1) is 17.8 Å². The van der Waals surface area contributed by atoms with Gasteiger partial charge in [-0.05, 0) is 36.3 Å². The number of hydrogen-bond donors (Lipinski definition) is 4. The Hall–Kier alpha value is -2.98. The van der Waals surface area contributed by atoms with E-state index < -0.39 is 29.8 Å². The summed E-state index contributed by atoms with van der Waals surface area (Å²) in [5.74, 6) is -3.04. The van der Waals surface area contributed by atoms with Crippen LogP contribution < -0.4 is 10.6 Å². The number of carbonyl (C=O) groups excluding carboxylic acids is 2. The first kappa shape index (κ1) is 43.2. The first-order valence-electron chi connectivity index (χ1n) is 15.3. The number of benzene rings is 2. The second kappa shape index (κ2) is 19.6. The fourth-order valence-electron chi connectivity index (χ4n) is 5.09. The first-order chi connectivity index (χ1) is 22.8. The van der Waals surface area contributed by atoms with Crippen molar-refractivity contribution >= 4 is 102 Å². The van der Waals surface area contributed by atoms with Crippen LogP contribution in [-0.4, -0.2) is 49.9 Å². The Bertz CT molecular complexity index is 1680.